The van der Waals surface area contributed by atoms with E-state index in [4.69, 9.17) is 19.4 Å². The Balaban J connectivity index is 1.11. The van der Waals surface area contributed by atoms with Crippen LogP contribution >= 0.6 is 0 Å². The van der Waals surface area contributed by atoms with Crippen molar-refractivity contribution in [2.75, 3.05) is 0 Å². The summed E-state index contributed by atoms with van der Waals surface area (Å²) in [5.74, 6) is 1.75. The third-order valence-corrected chi connectivity index (χ3v) is 13.4. The first kappa shape index (κ1) is 36.5. The van der Waals surface area contributed by atoms with Gasteiger partial charge in [-0.1, -0.05) is 176 Å². The van der Waals surface area contributed by atoms with Gasteiger partial charge in [-0.25, -0.2) is 15.0 Å². The van der Waals surface area contributed by atoms with Crippen molar-refractivity contribution < 1.29 is 4.42 Å². The van der Waals surface area contributed by atoms with Gasteiger partial charge in [0.2, 0.25) is 0 Å². The van der Waals surface area contributed by atoms with Gasteiger partial charge in [-0.3, -0.25) is 0 Å². The highest BCUT2D eigenvalue weighted by Gasteiger charge is 2.23. The van der Waals surface area contributed by atoms with Crippen molar-refractivity contribution in [3.8, 4) is 51.0 Å². The van der Waals surface area contributed by atoms with E-state index in [1.165, 1.54) is 37.7 Å². The number of benzene rings is 11. The van der Waals surface area contributed by atoms with Gasteiger partial charge in [-0.15, -0.1) is 0 Å². The highest BCUT2D eigenvalue weighted by Crippen LogP contribution is 2.44. The zero-order valence-corrected chi connectivity index (χ0v) is 35.5. The number of hydrogen-bond acceptors (Lipinski definition) is 4. The van der Waals surface area contributed by atoms with Crippen LogP contribution in [-0.2, 0) is 0 Å². The lowest BCUT2D eigenvalue weighted by molar-refractivity contribution is 0.668. The molecule has 0 radical (unpaired) electrons. The molecular formula is C61H36N4O. The first-order chi connectivity index (χ1) is 32.7. The summed E-state index contributed by atoms with van der Waals surface area (Å²) in [6.07, 6.45) is 0. The summed E-state index contributed by atoms with van der Waals surface area (Å²) in [6, 6.07) is 77.5. The van der Waals surface area contributed by atoms with Gasteiger partial charge in [0.25, 0.3) is 0 Å². The summed E-state index contributed by atoms with van der Waals surface area (Å²) in [5, 5.41) is 13.6. The maximum absolute atomic E-state index is 6.85. The second kappa shape index (κ2) is 14.3. The van der Waals surface area contributed by atoms with E-state index in [-0.39, 0.29) is 0 Å². The third kappa shape index (κ3) is 5.63. The van der Waals surface area contributed by atoms with Crippen LogP contribution < -0.4 is 0 Å². The Morgan fingerprint density at radius 2 is 0.939 bits per heavy atom. The van der Waals surface area contributed by atoms with Crippen LogP contribution in [0.15, 0.2) is 223 Å². The Hall–Kier alpha value is -8.93. The van der Waals surface area contributed by atoms with E-state index in [0.717, 1.165) is 82.6 Å². The van der Waals surface area contributed by atoms with Gasteiger partial charge in [0.1, 0.15) is 11.2 Å². The first-order valence-electron chi connectivity index (χ1n) is 22.3. The van der Waals surface area contributed by atoms with Crippen LogP contribution in [-0.4, -0.2) is 19.5 Å². The van der Waals surface area contributed by atoms with Crippen molar-refractivity contribution in [1.82, 2.24) is 19.5 Å². The van der Waals surface area contributed by atoms with Crippen molar-refractivity contribution in [3.05, 3.63) is 218 Å². The molecule has 0 aliphatic carbocycles. The van der Waals surface area contributed by atoms with Crippen LogP contribution in [0.4, 0.5) is 0 Å². The summed E-state index contributed by atoms with van der Waals surface area (Å²) in [4.78, 5) is 16.4. The number of para-hydroxylation sites is 1. The lowest BCUT2D eigenvalue weighted by Gasteiger charge is -2.15. The highest BCUT2D eigenvalue weighted by molar-refractivity contribution is 6.21. The van der Waals surface area contributed by atoms with Crippen LogP contribution in [0.5, 0.6) is 0 Å². The molecule has 306 valence electrons. The summed E-state index contributed by atoms with van der Waals surface area (Å²) in [5.41, 5.74) is 9.67. The van der Waals surface area contributed by atoms with Crippen molar-refractivity contribution >= 4 is 86.8 Å². The Labute approximate surface area is 378 Å². The SMILES string of the molecule is c1ccc(-c2cccc(-c3nc(-c4cc5ccccc5c5ccccc45)nc(-c4cc(-n5c6cc7ccccc7cc6c6ccc7ccccc7c65)cc5oc6ccccc6c45)n3)c2)cc1. The number of fused-ring (bicyclic) bond motifs is 12. The third-order valence-electron chi connectivity index (χ3n) is 13.4. The van der Waals surface area contributed by atoms with Gasteiger partial charge in [-0.05, 0) is 85.2 Å². The minimum absolute atomic E-state index is 0.562. The molecule has 5 nitrogen and oxygen atoms in total. The van der Waals surface area contributed by atoms with E-state index in [1.54, 1.807) is 0 Å². The van der Waals surface area contributed by atoms with E-state index in [9.17, 15) is 0 Å². The number of hydrogen-bond donors (Lipinski definition) is 0. The Morgan fingerprint density at radius 3 is 1.77 bits per heavy atom. The maximum Gasteiger partial charge on any atom is 0.164 e. The molecule has 0 N–H and O–H groups in total. The van der Waals surface area contributed by atoms with Gasteiger partial charge in [0.15, 0.2) is 17.5 Å². The van der Waals surface area contributed by atoms with Crippen LogP contribution in [0.1, 0.15) is 0 Å². The summed E-state index contributed by atoms with van der Waals surface area (Å²) < 4.78 is 9.27. The lowest BCUT2D eigenvalue weighted by atomic mass is 9.96. The molecule has 0 amide bonds. The van der Waals surface area contributed by atoms with Crippen molar-refractivity contribution in [3.63, 3.8) is 0 Å². The Bertz CT molecular complexity index is 4300. The quantitative estimate of drug-likeness (QED) is 0.162. The summed E-state index contributed by atoms with van der Waals surface area (Å²) >= 11 is 0. The average Bonchev–Trinajstić information content (AvgIpc) is 3.93. The molecule has 0 saturated heterocycles. The topological polar surface area (TPSA) is 56.7 Å². The average molecular weight is 841 g/mol. The molecule has 3 aromatic heterocycles. The lowest BCUT2D eigenvalue weighted by Crippen LogP contribution is -2.02. The maximum atomic E-state index is 6.85. The number of rotatable bonds is 5. The van der Waals surface area contributed by atoms with Crippen molar-refractivity contribution in [2.45, 2.75) is 0 Å². The molecule has 11 aromatic carbocycles. The summed E-state index contributed by atoms with van der Waals surface area (Å²) in [6.45, 7) is 0. The fourth-order valence-corrected chi connectivity index (χ4v) is 10.3. The number of aromatic nitrogens is 4. The molecule has 5 heteroatoms. The first-order valence-corrected chi connectivity index (χ1v) is 22.3. The van der Waals surface area contributed by atoms with Gasteiger partial charge in [-0.2, -0.15) is 0 Å². The molecule has 14 rings (SSSR count). The van der Waals surface area contributed by atoms with Gasteiger partial charge in [0.05, 0.1) is 16.7 Å². The van der Waals surface area contributed by atoms with Crippen LogP contribution in [0.3, 0.4) is 0 Å². The zero-order chi connectivity index (χ0) is 43.3. The fourth-order valence-electron chi connectivity index (χ4n) is 10.3. The number of nitrogens with zero attached hydrogens (tertiary/aromatic N) is 4. The van der Waals surface area contributed by atoms with Crippen molar-refractivity contribution in [1.29, 1.82) is 0 Å². The van der Waals surface area contributed by atoms with Crippen LogP contribution in [0.2, 0.25) is 0 Å². The predicted molar refractivity (Wildman–Crippen MR) is 273 cm³/mol. The fraction of sp³-hybridized carbons (Fsp3) is 0. The van der Waals surface area contributed by atoms with E-state index in [1.807, 2.05) is 18.2 Å². The largest absolute Gasteiger partial charge is 0.456 e. The zero-order valence-electron chi connectivity index (χ0n) is 35.5. The molecule has 14 aromatic rings. The van der Waals surface area contributed by atoms with Gasteiger partial charge in [0, 0.05) is 49.7 Å². The van der Waals surface area contributed by atoms with Crippen molar-refractivity contribution in [2.24, 2.45) is 0 Å². The molecule has 3 heterocycles. The Morgan fingerprint density at radius 1 is 0.318 bits per heavy atom. The molecule has 0 spiro atoms. The minimum Gasteiger partial charge on any atom is -0.456 e. The molecular weight excluding hydrogens is 805 g/mol. The molecule has 0 unspecified atom stereocenters. The molecule has 0 saturated carbocycles. The molecule has 0 aliphatic heterocycles. The number of furan rings is 1. The van der Waals surface area contributed by atoms with Crippen LogP contribution in [0, 0.1) is 0 Å². The van der Waals surface area contributed by atoms with Gasteiger partial charge < -0.3 is 8.98 Å². The molecule has 0 atom stereocenters. The molecule has 66 heavy (non-hydrogen) atoms. The Kier molecular flexibility index (Phi) is 7.91. The van der Waals surface area contributed by atoms with E-state index >= 15 is 0 Å². The second-order valence-corrected chi connectivity index (χ2v) is 17.1. The monoisotopic (exact) mass is 840 g/mol. The summed E-state index contributed by atoms with van der Waals surface area (Å²) in [7, 11) is 0. The molecule has 0 fully saturated rings. The predicted octanol–water partition coefficient (Wildman–Crippen LogP) is 16.1. The van der Waals surface area contributed by atoms with Crippen LogP contribution in [0.25, 0.3) is 138 Å². The minimum atomic E-state index is 0.562. The molecule has 0 bridgehead atoms. The normalized spacial score (nSPS) is 11.9. The standard InChI is InChI=1S/C61H36N4O/c1-2-15-37(16-3-1)39-21-14-22-43(31-39)59-62-60(52-33-42-20-7-8-23-45(42)47-25-10-11-26-48(47)52)64-61(63-59)53-35-44(36-56-57(53)50-27-12-13-28-55(50)66-56)65-54-34-41-19-5-4-18-40(41)32-51(54)49-30-29-38-17-6-9-24-46(38)58(49)65/h1-36H. The smallest absolute Gasteiger partial charge is 0.164 e. The van der Waals surface area contributed by atoms with E-state index < -0.39 is 0 Å². The van der Waals surface area contributed by atoms with E-state index in [0.29, 0.717) is 17.5 Å². The van der Waals surface area contributed by atoms with Gasteiger partial charge >= 0.3 is 0 Å². The molecule has 0 aliphatic rings. The highest BCUT2D eigenvalue weighted by atomic mass is 16.3. The van der Waals surface area contributed by atoms with E-state index in [2.05, 4.69) is 205 Å². The second-order valence-electron chi connectivity index (χ2n) is 17.1.